The van der Waals surface area contributed by atoms with Gasteiger partial charge >= 0.3 is 6.18 Å². The van der Waals surface area contributed by atoms with Crippen molar-refractivity contribution in [3.8, 4) is 0 Å². The predicted octanol–water partition coefficient (Wildman–Crippen LogP) is 5.93. The van der Waals surface area contributed by atoms with Gasteiger partial charge < -0.3 is 10.2 Å². The average molecular weight is 624 g/mol. The summed E-state index contributed by atoms with van der Waals surface area (Å²) in [7, 11) is -4.57. The number of hydrogen-bond donors (Lipinski definition) is 1. The smallest absolute Gasteiger partial charge is 0.352 e. The molecule has 0 fully saturated rings. The van der Waals surface area contributed by atoms with Gasteiger partial charge in [-0.2, -0.15) is 13.2 Å². The first-order valence-electron chi connectivity index (χ1n) is 13.3. The number of halogens is 4. The first kappa shape index (κ1) is 32.9. The minimum absolute atomic E-state index is 0.0491. The number of sulfonamides is 1. The lowest BCUT2D eigenvalue weighted by Gasteiger charge is -2.32. The third kappa shape index (κ3) is 8.25. The Bertz CT molecular complexity index is 1470. The molecule has 7 nitrogen and oxygen atoms in total. The van der Waals surface area contributed by atoms with Gasteiger partial charge in [-0.05, 0) is 62.6 Å². The molecule has 0 bridgehead atoms. The first-order chi connectivity index (χ1) is 19.8. The van der Waals surface area contributed by atoms with Crippen LogP contribution in [0.25, 0.3) is 0 Å². The number of amides is 2. The number of nitrogens with one attached hydrogen (secondary N) is 1. The summed E-state index contributed by atoms with van der Waals surface area (Å²) in [5.74, 6) is -1.23. The van der Waals surface area contributed by atoms with E-state index >= 15 is 0 Å². The Kier molecular flexibility index (Phi) is 11.0. The number of carbonyl (C=O) groups is 2. The van der Waals surface area contributed by atoms with Crippen LogP contribution in [0.3, 0.4) is 0 Å². The molecule has 1 N–H and O–H groups in total. The SMILES string of the molecule is CCC(C)NC(=O)C(C)N(CCc1ccccc1)C(=O)CN(c1cc(C(F)(F)F)ccc1Cl)S(=O)(=O)c1ccccc1. The van der Waals surface area contributed by atoms with Crippen molar-refractivity contribution < 1.29 is 31.2 Å². The third-order valence-corrected chi connectivity index (χ3v) is 8.90. The molecule has 3 rings (SSSR count). The Morgan fingerprint density at radius 2 is 1.55 bits per heavy atom. The number of hydrogen-bond acceptors (Lipinski definition) is 4. The van der Waals surface area contributed by atoms with Gasteiger partial charge in [-0.25, -0.2) is 8.42 Å². The summed E-state index contributed by atoms with van der Waals surface area (Å²) in [4.78, 5) is 28.0. The van der Waals surface area contributed by atoms with Crippen molar-refractivity contribution in [3.05, 3.63) is 95.0 Å². The van der Waals surface area contributed by atoms with Crippen LogP contribution in [0.1, 0.15) is 38.3 Å². The van der Waals surface area contributed by atoms with Crippen LogP contribution < -0.4 is 9.62 Å². The molecule has 0 saturated carbocycles. The summed E-state index contributed by atoms with van der Waals surface area (Å²) in [6.45, 7) is 4.37. The van der Waals surface area contributed by atoms with E-state index in [1.165, 1.54) is 36.1 Å². The fourth-order valence-electron chi connectivity index (χ4n) is 4.15. The molecule has 0 spiro atoms. The van der Waals surface area contributed by atoms with E-state index < -0.39 is 51.9 Å². The van der Waals surface area contributed by atoms with Gasteiger partial charge in [0, 0.05) is 12.6 Å². The van der Waals surface area contributed by atoms with E-state index in [9.17, 15) is 31.2 Å². The summed E-state index contributed by atoms with van der Waals surface area (Å²) in [6, 6.07) is 17.3. The molecule has 3 aromatic carbocycles. The minimum atomic E-state index is -4.80. The molecule has 2 amide bonds. The van der Waals surface area contributed by atoms with Gasteiger partial charge in [0.25, 0.3) is 10.0 Å². The highest BCUT2D eigenvalue weighted by Crippen LogP contribution is 2.37. The molecule has 0 heterocycles. The van der Waals surface area contributed by atoms with E-state index in [-0.39, 0.29) is 22.5 Å². The van der Waals surface area contributed by atoms with Crippen LogP contribution in [0, 0.1) is 0 Å². The van der Waals surface area contributed by atoms with Crippen molar-refractivity contribution in [3.63, 3.8) is 0 Å². The Labute approximate surface area is 249 Å². The van der Waals surface area contributed by atoms with Crippen LogP contribution in [-0.2, 0) is 32.2 Å². The second-order valence-electron chi connectivity index (χ2n) is 9.81. The quantitative estimate of drug-likeness (QED) is 0.271. The van der Waals surface area contributed by atoms with Crippen molar-refractivity contribution in [1.29, 1.82) is 0 Å². The van der Waals surface area contributed by atoms with Crippen molar-refractivity contribution in [2.45, 2.75) is 56.8 Å². The molecule has 3 aromatic rings. The van der Waals surface area contributed by atoms with Crippen molar-refractivity contribution in [2.24, 2.45) is 0 Å². The molecule has 0 aliphatic carbocycles. The van der Waals surface area contributed by atoms with Crippen LogP contribution in [0.15, 0.2) is 83.8 Å². The maximum absolute atomic E-state index is 13.9. The normalized spacial score (nSPS) is 13.2. The second kappa shape index (κ2) is 14.1. The fraction of sp³-hybridized carbons (Fsp3) is 0.333. The second-order valence-corrected chi connectivity index (χ2v) is 12.1. The third-order valence-electron chi connectivity index (χ3n) is 6.80. The van der Waals surface area contributed by atoms with Crippen molar-refractivity contribution >= 4 is 39.1 Å². The molecule has 12 heteroatoms. The van der Waals surface area contributed by atoms with E-state index in [1.807, 2.05) is 44.2 Å². The Morgan fingerprint density at radius 3 is 2.12 bits per heavy atom. The molecule has 226 valence electrons. The van der Waals surface area contributed by atoms with E-state index in [2.05, 4.69) is 5.32 Å². The van der Waals surface area contributed by atoms with Crippen molar-refractivity contribution in [1.82, 2.24) is 10.2 Å². The summed E-state index contributed by atoms with van der Waals surface area (Å²) in [5, 5.41) is 2.53. The average Bonchev–Trinajstić information content (AvgIpc) is 2.96. The lowest BCUT2D eigenvalue weighted by Crippen LogP contribution is -2.53. The maximum Gasteiger partial charge on any atom is 0.416 e. The molecule has 0 aliphatic heterocycles. The Hall–Kier alpha value is -3.57. The monoisotopic (exact) mass is 623 g/mol. The van der Waals surface area contributed by atoms with E-state index in [0.717, 1.165) is 17.7 Å². The number of anilines is 1. The van der Waals surface area contributed by atoms with Crippen LogP contribution in [-0.4, -0.2) is 50.3 Å². The lowest BCUT2D eigenvalue weighted by atomic mass is 10.1. The summed E-state index contributed by atoms with van der Waals surface area (Å²) in [6.07, 6.45) is -3.80. The number of alkyl halides is 3. The Morgan fingerprint density at radius 1 is 0.952 bits per heavy atom. The molecular formula is C30H33ClF3N3O4S. The molecular weight excluding hydrogens is 591 g/mol. The maximum atomic E-state index is 13.9. The zero-order chi connectivity index (χ0) is 31.1. The predicted molar refractivity (Wildman–Crippen MR) is 157 cm³/mol. The zero-order valence-corrected chi connectivity index (χ0v) is 25.0. The molecule has 2 atom stereocenters. The highest BCUT2D eigenvalue weighted by molar-refractivity contribution is 7.92. The van der Waals surface area contributed by atoms with Gasteiger partial charge in [-0.15, -0.1) is 0 Å². The molecule has 0 aliphatic rings. The largest absolute Gasteiger partial charge is 0.416 e. The number of carbonyl (C=O) groups excluding carboxylic acids is 2. The van der Waals surface area contributed by atoms with Gasteiger partial charge in [-0.1, -0.05) is 67.1 Å². The number of rotatable bonds is 12. The zero-order valence-electron chi connectivity index (χ0n) is 23.4. The van der Waals surface area contributed by atoms with E-state index in [0.29, 0.717) is 23.2 Å². The van der Waals surface area contributed by atoms with Crippen LogP contribution in [0.4, 0.5) is 18.9 Å². The topological polar surface area (TPSA) is 86.8 Å². The summed E-state index contributed by atoms with van der Waals surface area (Å²) in [5.41, 5.74) is -0.771. The van der Waals surface area contributed by atoms with E-state index in [1.54, 1.807) is 6.07 Å². The summed E-state index contributed by atoms with van der Waals surface area (Å²) >= 11 is 6.26. The number of nitrogens with zero attached hydrogens (tertiary/aromatic N) is 2. The summed E-state index contributed by atoms with van der Waals surface area (Å²) < 4.78 is 69.1. The highest BCUT2D eigenvalue weighted by atomic mass is 35.5. The molecule has 2 unspecified atom stereocenters. The fourth-order valence-corrected chi connectivity index (χ4v) is 5.86. The molecule has 42 heavy (non-hydrogen) atoms. The standard InChI is InChI=1S/C30H33ClF3N3O4S/c1-4-21(2)35-29(39)22(3)36(18-17-23-11-7-5-8-12-23)28(38)20-37(42(40,41)25-13-9-6-10-14-25)27-19-24(30(32,33)34)15-16-26(27)31/h5-16,19,21-22H,4,17-18,20H2,1-3H3,(H,35,39). The van der Waals surface area contributed by atoms with Crippen LogP contribution in [0.5, 0.6) is 0 Å². The Balaban J connectivity index is 2.07. The van der Waals surface area contributed by atoms with Crippen LogP contribution in [0.2, 0.25) is 5.02 Å². The first-order valence-corrected chi connectivity index (χ1v) is 15.2. The van der Waals surface area contributed by atoms with E-state index in [4.69, 9.17) is 11.6 Å². The van der Waals surface area contributed by atoms with Gasteiger partial charge in [0.05, 0.1) is 21.2 Å². The minimum Gasteiger partial charge on any atom is -0.352 e. The molecule has 0 radical (unpaired) electrons. The number of benzene rings is 3. The van der Waals surface area contributed by atoms with Crippen molar-refractivity contribution in [2.75, 3.05) is 17.4 Å². The van der Waals surface area contributed by atoms with Crippen LogP contribution >= 0.6 is 11.6 Å². The van der Waals surface area contributed by atoms with Gasteiger partial charge in [0.15, 0.2) is 0 Å². The van der Waals surface area contributed by atoms with Gasteiger partial charge in [0.2, 0.25) is 11.8 Å². The van der Waals surface area contributed by atoms with Gasteiger partial charge in [-0.3, -0.25) is 13.9 Å². The molecule has 0 aromatic heterocycles. The molecule has 0 saturated heterocycles. The highest BCUT2D eigenvalue weighted by Gasteiger charge is 2.36. The van der Waals surface area contributed by atoms with Gasteiger partial charge in [0.1, 0.15) is 12.6 Å². The lowest BCUT2D eigenvalue weighted by molar-refractivity contribution is -0.139.